The lowest BCUT2D eigenvalue weighted by molar-refractivity contribution is -0.136. The zero-order valence-corrected chi connectivity index (χ0v) is 20.1. The van der Waals surface area contributed by atoms with Gasteiger partial charge in [0.05, 0.1) is 6.42 Å². The summed E-state index contributed by atoms with van der Waals surface area (Å²) in [7, 11) is 0. The molecule has 0 bridgehead atoms. The molecule has 0 saturated heterocycles. The highest BCUT2D eigenvalue weighted by Crippen LogP contribution is 2.22. The SMILES string of the molecule is C/C(CC(=O)Nc1ccc(OCc2ccccc2)cc1)=N/NC(=O)C(=O)Nc1cccc(Cl)c1C. The zero-order valence-electron chi connectivity index (χ0n) is 19.3. The first kappa shape index (κ1) is 25.5. The molecule has 3 rings (SSSR count). The summed E-state index contributed by atoms with van der Waals surface area (Å²) in [4.78, 5) is 36.4. The standard InChI is InChI=1S/C26H25ClN4O4/c1-17(30-31-26(34)25(33)29-23-10-6-9-22(27)18(23)2)15-24(32)28-20-11-13-21(14-12-20)35-16-19-7-4-3-5-8-19/h3-14H,15-16H2,1-2H3,(H,28,32)(H,29,33)(H,31,34)/b30-17-. The van der Waals surface area contributed by atoms with Crippen LogP contribution in [0.3, 0.4) is 0 Å². The van der Waals surface area contributed by atoms with Crippen molar-refractivity contribution in [3.8, 4) is 5.75 Å². The van der Waals surface area contributed by atoms with Crippen molar-refractivity contribution in [2.24, 2.45) is 5.10 Å². The van der Waals surface area contributed by atoms with Gasteiger partial charge in [0.15, 0.2) is 0 Å². The van der Waals surface area contributed by atoms with Crippen LogP contribution in [0.1, 0.15) is 24.5 Å². The number of carbonyl (C=O) groups is 3. The number of ether oxygens (including phenoxy) is 1. The van der Waals surface area contributed by atoms with E-state index in [0.29, 0.717) is 40.0 Å². The van der Waals surface area contributed by atoms with Crippen LogP contribution in [0.4, 0.5) is 11.4 Å². The number of halogens is 1. The van der Waals surface area contributed by atoms with Crippen molar-refractivity contribution in [2.45, 2.75) is 26.9 Å². The van der Waals surface area contributed by atoms with E-state index in [1.165, 1.54) is 0 Å². The van der Waals surface area contributed by atoms with Gasteiger partial charge in [-0.1, -0.05) is 48.0 Å². The van der Waals surface area contributed by atoms with Gasteiger partial charge < -0.3 is 15.4 Å². The van der Waals surface area contributed by atoms with Crippen LogP contribution in [0.2, 0.25) is 5.02 Å². The van der Waals surface area contributed by atoms with Gasteiger partial charge in [-0.2, -0.15) is 5.10 Å². The van der Waals surface area contributed by atoms with Crippen LogP contribution in [0.15, 0.2) is 77.9 Å². The molecule has 0 aliphatic carbocycles. The number of hydrogen-bond donors (Lipinski definition) is 3. The molecule has 0 unspecified atom stereocenters. The fourth-order valence-electron chi connectivity index (χ4n) is 2.97. The first-order valence-corrected chi connectivity index (χ1v) is 11.2. The Morgan fingerprint density at radius 2 is 1.60 bits per heavy atom. The summed E-state index contributed by atoms with van der Waals surface area (Å²) in [5, 5.41) is 9.52. The van der Waals surface area contributed by atoms with Gasteiger partial charge in [-0.15, -0.1) is 0 Å². The van der Waals surface area contributed by atoms with Gasteiger partial charge in [0.1, 0.15) is 12.4 Å². The lowest BCUT2D eigenvalue weighted by atomic mass is 10.2. The highest BCUT2D eigenvalue weighted by atomic mass is 35.5. The molecule has 0 atom stereocenters. The zero-order chi connectivity index (χ0) is 25.2. The number of nitrogens with zero attached hydrogens (tertiary/aromatic N) is 1. The van der Waals surface area contributed by atoms with Crippen molar-refractivity contribution in [3.05, 3.63) is 88.9 Å². The maximum Gasteiger partial charge on any atom is 0.329 e. The Labute approximate surface area is 208 Å². The van der Waals surface area contributed by atoms with Crippen LogP contribution in [0, 0.1) is 6.92 Å². The molecule has 0 fully saturated rings. The van der Waals surface area contributed by atoms with Crippen molar-refractivity contribution in [1.82, 2.24) is 5.43 Å². The lowest BCUT2D eigenvalue weighted by Crippen LogP contribution is -2.33. The van der Waals surface area contributed by atoms with Crippen molar-refractivity contribution in [1.29, 1.82) is 0 Å². The summed E-state index contributed by atoms with van der Waals surface area (Å²) >= 11 is 6.01. The van der Waals surface area contributed by atoms with E-state index < -0.39 is 11.8 Å². The van der Waals surface area contributed by atoms with Gasteiger partial charge in [0, 0.05) is 22.1 Å². The van der Waals surface area contributed by atoms with Crippen LogP contribution in [-0.2, 0) is 21.0 Å². The highest BCUT2D eigenvalue weighted by molar-refractivity contribution is 6.40. The minimum absolute atomic E-state index is 0.0679. The summed E-state index contributed by atoms with van der Waals surface area (Å²) in [6.07, 6.45) is -0.0679. The topological polar surface area (TPSA) is 109 Å². The first-order valence-electron chi connectivity index (χ1n) is 10.8. The maximum absolute atomic E-state index is 12.3. The quantitative estimate of drug-likeness (QED) is 0.241. The van der Waals surface area contributed by atoms with Crippen molar-refractivity contribution >= 4 is 46.4 Å². The van der Waals surface area contributed by atoms with Crippen molar-refractivity contribution in [3.63, 3.8) is 0 Å². The molecule has 8 nitrogen and oxygen atoms in total. The fraction of sp³-hybridized carbons (Fsp3) is 0.154. The number of rotatable bonds is 8. The smallest absolute Gasteiger partial charge is 0.329 e. The fourth-order valence-corrected chi connectivity index (χ4v) is 3.15. The summed E-state index contributed by atoms with van der Waals surface area (Å²) in [6, 6.07) is 21.8. The summed E-state index contributed by atoms with van der Waals surface area (Å²) < 4.78 is 5.73. The van der Waals surface area contributed by atoms with Crippen molar-refractivity contribution in [2.75, 3.05) is 10.6 Å². The van der Waals surface area contributed by atoms with E-state index in [-0.39, 0.29) is 12.3 Å². The second-order valence-electron chi connectivity index (χ2n) is 7.68. The largest absolute Gasteiger partial charge is 0.489 e. The van der Waals surface area contributed by atoms with E-state index in [0.717, 1.165) is 5.56 Å². The maximum atomic E-state index is 12.3. The van der Waals surface area contributed by atoms with Gasteiger partial charge >= 0.3 is 11.8 Å². The van der Waals surface area contributed by atoms with Crippen LogP contribution >= 0.6 is 11.6 Å². The number of anilines is 2. The molecule has 0 radical (unpaired) electrons. The number of hydrazone groups is 1. The van der Waals surface area contributed by atoms with Crippen LogP contribution < -0.4 is 20.8 Å². The number of amides is 3. The molecule has 3 amide bonds. The Morgan fingerprint density at radius 1 is 0.886 bits per heavy atom. The monoisotopic (exact) mass is 492 g/mol. The number of hydrogen-bond acceptors (Lipinski definition) is 5. The van der Waals surface area contributed by atoms with Gasteiger partial charge in [0.25, 0.3) is 0 Å². The molecule has 9 heteroatoms. The molecule has 3 N–H and O–H groups in total. The number of carbonyl (C=O) groups excluding carboxylic acids is 3. The Morgan fingerprint density at radius 3 is 2.31 bits per heavy atom. The lowest BCUT2D eigenvalue weighted by Gasteiger charge is -2.09. The molecule has 0 spiro atoms. The molecule has 0 aromatic heterocycles. The Bertz CT molecular complexity index is 1230. The van der Waals surface area contributed by atoms with Gasteiger partial charge in [-0.3, -0.25) is 14.4 Å². The first-order chi connectivity index (χ1) is 16.8. The van der Waals surface area contributed by atoms with Crippen molar-refractivity contribution < 1.29 is 19.1 Å². The van der Waals surface area contributed by atoms with Gasteiger partial charge in [-0.25, -0.2) is 5.43 Å². The molecule has 3 aromatic carbocycles. The molecule has 0 saturated carbocycles. The summed E-state index contributed by atoms with van der Waals surface area (Å²) in [6.45, 7) is 3.74. The molecule has 3 aromatic rings. The Hall–Kier alpha value is -4.17. The van der Waals surface area contributed by atoms with Crippen LogP contribution in [0.5, 0.6) is 5.75 Å². The summed E-state index contributed by atoms with van der Waals surface area (Å²) in [5.41, 5.74) is 5.19. The van der Waals surface area contributed by atoms with Crippen LogP contribution in [-0.4, -0.2) is 23.4 Å². The molecule has 0 aliphatic heterocycles. The number of nitrogens with one attached hydrogen (secondary N) is 3. The third-order valence-corrected chi connectivity index (χ3v) is 5.28. The Balaban J connectivity index is 1.44. The third kappa shape index (κ3) is 7.97. The highest BCUT2D eigenvalue weighted by Gasteiger charge is 2.15. The van der Waals surface area contributed by atoms with E-state index in [4.69, 9.17) is 16.3 Å². The normalized spacial score (nSPS) is 10.9. The molecule has 0 heterocycles. The van der Waals surface area contributed by atoms with Gasteiger partial charge in [-0.05, 0) is 61.4 Å². The Kier molecular flexibility index (Phi) is 8.97. The second-order valence-corrected chi connectivity index (χ2v) is 8.09. The number of benzene rings is 3. The molecular weight excluding hydrogens is 468 g/mol. The minimum atomic E-state index is -0.963. The van der Waals surface area contributed by atoms with E-state index in [2.05, 4.69) is 21.2 Å². The molecular formula is C26H25ClN4O4. The predicted molar refractivity (Wildman–Crippen MR) is 137 cm³/mol. The van der Waals surface area contributed by atoms with E-state index >= 15 is 0 Å². The average molecular weight is 493 g/mol. The molecule has 180 valence electrons. The third-order valence-electron chi connectivity index (χ3n) is 4.87. The van der Waals surface area contributed by atoms with E-state index in [1.807, 2.05) is 30.3 Å². The predicted octanol–water partition coefficient (Wildman–Crippen LogP) is 4.69. The molecule has 35 heavy (non-hydrogen) atoms. The van der Waals surface area contributed by atoms with Crippen LogP contribution in [0.25, 0.3) is 0 Å². The van der Waals surface area contributed by atoms with Gasteiger partial charge in [0.2, 0.25) is 5.91 Å². The van der Waals surface area contributed by atoms with E-state index in [9.17, 15) is 14.4 Å². The minimum Gasteiger partial charge on any atom is -0.489 e. The second kappa shape index (κ2) is 12.3. The van der Waals surface area contributed by atoms with E-state index in [1.54, 1.807) is 56.3 Å². The molecule has 0 aliphatic rings. The summed E-state index contributed by atoms with van der Waals surface area (Å²) in [5.74, 6) is -1.50. The average Bonchev–Trinajstić information content (AvgIpc) is 2.85.